The predicted octanol–water partition coefficient (Wildman–Crippen LogP) is 2.67. The van der Waals surface area contributed by atoms with Gasteiger partial charge in [0.15, 0.2) is 0 Å². The van der Waals surface area contributed by atoms with Crippen LogP contribution in [-0.2, 0) is 14.8 Å². The summed E-state index contributed by atoms with van der Waals surface area (Å²) in [5, 5.41) is 0. The van der Waals surface area contributed by atoms with Gasteiger partial charge in [-0.1, -0.05) is 36.8 Å². The van der Waals surface area contributed by atoms with Crippen molar-refractivity contribution in [3.05, 3.63) is 65.2 Å². The van der Waals surface area contributed by atoms with Gasteiger partial charge >= 0.3 is 5.97 Å². The number of hydrogen-bond acceptors (Lipinski definition) is 5. The standard InChI is InChI=1S/C19H20N2O4S/c1-3-15(12-25-19(22)14-10-8-13(2)9-11-14)20-18-16-6-4-5-7-17(16)26(23,24)21-18/h4-11,15H,3,12H2,1-2H3,(H,20,21). The summed E-state index contributed by atoms with van der Waals surface area (Å²) in [6.45, 7) is 3.93. The lowest BCUT2D eigenvalue weighted by molar-refractivity contribution is 0.0480. The summed E-state index contributed by atoms with van der Waals surface area (Å²) in [5.74, 6) is -0.130. The Kier molecular flexibility index (Phi) is 5.08. The molecule has 2 aromatic rings. The Bertz CT molecular complexity index is 950. The van der Waals surface area contributed by atoms with Gasteiger partial charge < -0.3 is 4.74 Å². The largest absolute Gasteiger partial charge is 0.460 e. The number of fused-ring (bicyclic) bond motifs is 1. The highest BCUT2D eigenvalue weighted by atomic mass is 32.2. The van der Waals surface area contributed by atoms with Gasteiger partial charge in [-0.2, -0.15) is 0 Å². The molecule has 26 heavy (non-hydrogen) atoms. The molecule has 0 radical (unpaired) electrons. The molecule has 1 N–H and O–H groups in total. The van der Waals surface area contributed by atoms with E-state index < -0.39 is 16.0 Å². The van der Waals surface area contributed by atoms with E-state index in [4.69, 9.17) is 4.74 Å². The summed E-state index contributed by atoms with van der Waals surface area (Å²) in [6.07, 6.45) is 0.606. The van der Waals surface area contributed by atoms with Crippen LogP contribution >= 0.6 is 0 Å². The number of esters is 1. The van der Waals surface area contributed by atoms with Crippen LogP contribution in [0.3, 0.4) is 0 Å². The molecule has 3 rings (SSSR count). The van der Waals surface area contributed by atoms with Crippen molar-refractivity contribution in [1.82, 2.24) is 4.72 Å². The van der Waals surface area contributed by atoms with E-state index in [0.29, 0.717) is 23.4 Å². The number of carbonyl (C=O) groups is 1. The van der Waals surface area contributed by atoms with E-state index in [1.54, 1.807) is 36.4 Å². The maximum absolute atomic E-state index is 12.1. The Hall–Kier alpha value is -2.67. The molecular weight excluding hydrogens is 352 g/mol. The van der Waals surface area contributed by atoms with Crippen LogP contribution in [0.5, 0.6) is 0 Å². The quantitative estimate of drug-likeness (QED) is 0.818. The number of carbonyl (C=O) groups excluding carboxylic acids is 1. The molecule has 1 unspecified atom stereocenters. The molecule has 0 saturated carbocycles. The zero-order valence-electron chi connectivity index (χ0n) is 14.6. The summed E-state index contributed by atoms with van der Waals surface area (Å²) in [4.78, 5) is 16.8. The molecule has 0 bridgehead atoms. The molecule has 6 nitrogen and oxygen atoms in total. The molecule has 0 aliphatic carbocycles. The first-order chi connectivity index (χ1) is 12.4. The zero-order valence-corrected chi connectivity index (χ0v) is 15.4. The lowest BCUT2D eigenvalue weighted by Crippen LogP contribution is -2.26. The van der Waals surface area contributed by atoms with Crippen LogP contribution in [0.2, 0.25) is 0 Å². The van der Waals surface area contributed by atoms with Crippen molar-refractivity contribution in [3.63, 3.8) is 0 Å². The first kappa shape index (κ1) is 18.1. The van der Waals surface area contributed by atoms with E-state index in [2.05, 4.69) is 9.71 Å². The fourth-order valence-electron chi connectivity index (χ4n) is 2.60. The minimum Gasteiger partial charge on any atom is -0.460 e. The Morgan fingerprint density at radius 1 is 1.15 bits per heavy atom. The molecule has 1 heterocycles. The second kappa shape index (κ2) is 7.29. The van der Waals surface area contributed by atoms with Crippen LogP contribution in [-0.4, -0.2) is 32.9 Å². The summed E-state index contributed by atoms with van der Waals surface area (Å²) in [7, 11) is -3.58. The third-order valence-corrected chi connectivity index (χ3v) is 5.54. The van der Waals surface area contributed by atoms with E-state index in [9.17, 15) is 13.2 Å². The van der Waals surface area contributed by atoms with E-state index in [-0.39, 0.29) is 17.5 Å². The Morgan fingerprint density at radius 2 is 1.85 bits per heavy atom. The van der Waals surface area contributed by atoms with E-state index in [1.807, 2.05) is 26.0 Å². The number of benzene rings is 2. The molecule has 1 aliphatic heterocycles. The number of nitrogens with one attached hydrogen (secondary N) is 1. The Labute approximate surface area is 153 Å². The van der Waals surface area contributed by atoms with Crippen molar-refractivity contribution < 1.29 is 17.9 Å². The summed E-state index contributed by atoms with van der Waals surface area (Å²) >= 11 is 0. The van der Waals surface area contributed by atoms with Crippen LogP contribution in [0.4, 0.5) is 0 Å². The smallest absolute Gasteiger partial charge is 0.338 e. The van der Waals surface area contributed by atoms with Crippen molar-refractivity contribution in [2.45, 2.75) is 31.2 Å². The summed E-state index contributed by atoms with van der Waals surface area (Å²) in [6, 6.07) is 13.5. The average Bonchev–Trinajstić information content (AvgIpc) is 2.89. The van der Waals surface area contributed by atoms with Crippen molar-refractivity contribution in [2.24, 2.45) is 4.99 Å². The molecule has 0 amide bonds. The van der Waals surface area contributed by atoms with Crippen LogP contribution in [0, 0.1) is 6.92 Å². The Morgan fingerprint density at radius 3 is 2.54 bits per heavy atom. The minimum absolute atomic E-state index is 0.0800. The second-order valence-corrected chi connectivity index (χ2v) is 7.76. The molecule has 1 atom stereocenters. The first-order valence-corrected chi connectivity index (χ1v) is 9.83. The normalized spacial score (nSPS) is 17.4. The van der Waals surface area contributed by atoms with E-state index in [0.717, 1.165) is 5.56 Å². The number of aryl methyl sites for hydroxylation is 1. The predicted molar refractivity (Wildman–Crippen MR) is 98.8 cm³/mol. The van der Waals surface area contributed by atoms with E-state index in [1.165, 1.54) is 0 Å². The highest BCUT2D eigenvalue weighted by Crippen LogP contribution is 2.23. The zero-order chi connectivity index (χ0) is 18.7. The van der Waals surface area contributed by atoms with Crippen LogP contribution in [0.1, 0.15) is 34.8 Å². The number of rotatable bonds is 5. The molecule has 0 spiro atoms. The topological polar surface area (TPSA) is 84.8 Å². The maximum Gasteiger partial charge on any atom is 0.338 e. The monoisotopic (exact) mass is 372 g/mol. The van der Waals surface area contributed by atoms with Gasteiger partial charge in [0.05, 0.1) is 16.5 Å². The molecule has 136 valence electrons. The third-order valence-electron chi connectivity index (χ3n) is 4.14. The fourth-order valence-corrected chi connectivity index (χ4v) is 3.84. The summed E-state index contributed by atoms with van der Waals surface area (Å²) in [5.41, 5.74) is 2.08. The number of aliphatic imine (C=N–C) groups is 1. The van der Waals surface area contributed by atoms with Crippen LogP contribution < -0.4 is 4.72 Å². The molecule has 7 heteroatoms. The lowest BCUT2D eigenvalue weighted by atomic mass is 10.1. The fraction of sp³-hybridized carbons (Fsp3) is 0.263. The van der Waals surface area contributed by atoms with E-state index >= 15 is 0 Å². The molecule has 0 fully saturated rings. The number of ether oxygens (including phenoxy) is 1. The number of amidine groups is 1. The minimum atomic E-state index is -3.58. The number of hydrogen-bond donors (Lipinski definition) is 1. The molecule has 0 saturated heterocycles. The van der Waals surface area contributed by atoms with Gasteiger partial charge in [0.1, 0.15) is 12.4 Å². The highest BCUT2D eigenvalue weighted by molar-refractivity contribution is 7.90. The van der Waals surface area contributed by atoms with Gasteiger partial charge in [-0.25, -0.2) is 13.2 Å². The van der Waals surface area contributed by atoms with Gasteiger partial charge in [-0.05, 0) is 37.6 Å². The van der Waals surface area contributed by atoms with Gasteiger partial charge in [0.25, 0.3) is 10.0 Å². The third kappa shape index (κ3) is 3.77. The SMILES string of the molecule is CCC(COC(=O)c1ccc(C)cc1)N=C1NS(=O)(=O)c2ccccc21. The first-order valence-electron chi connectivity index (χ1n) is 8.34. The average molecular weight is 372 g/mol. The van der Waals surface area contributed by atoms with Crippen molar-refractivity contribution in [2.75, 3.05) is 6.61 Å². The number of sulfonamides is 1. The molecular formula is C19H20N2O4S. The molecule has 1 aliphatic rings. The molecule has 2 aromatic carbocycles. The van der Waals surface area contributed by atoms with Crippen molar-refractivity contribution in [1.29, 1.82) is 0 Å². The maximum atomic E-state index is 12.1. The second-order valence-electron chi connectivity index (χ2n) is 6.11. The van der Waals surface area contributed by atoms with Crippen LogP contribution in [0.25, 0.3) is 0 Å². The Balaban J connectivity index is 1.73. The highest BCUT2D eigenvalue weighted by Gasteiger charge is 2.30. The number of nitrogens with zero attached hydrogens (tertiary/aromatic N) is 1. The van der Waals surface area contributed by atoms with Gasteiger partial charge in [0, 0.05) is 5.56 Å². The van der Waals surface area contributed by atoms with Gasteiger partial charge in [-0.15, -0.1) is 0 Å². The van der Waals surface area contributed by atoms with Crippen molar-refractivity contribution >= 4 is 21.8 Å². The molecule has 0 aromatic heterocycles. The van der Waals surface area contributed by atoms with Gasteiger partial charge in [-0.3, -0.25) is 9.71 Å². The van der Waals surface area contributed by atoms with Gasteiger partial charge in [0.2, 0.25) is 0 Å². The lowest BCUT2D eigenvalue weighted by Gasteiger charge is -2.12. The summed E-state index contributed by atoms with van der Waals surface area (Å²) < 4.78 is 32.1. The van der Waals surface area contributed by atoms with Crippen LogP contribution in [0.15, 0.2) is 58.4 Å². The van der Waals surface area contributed by atoms with Crippen molar-refractivity contribution in [3.8, 4) is 0 Å².